The number of imidazole rings is 1. The summed E-state index contributed by atoms with van der Waals surface area (Å²) in [5.74, 6) is 0. The largest absolute Gasteiger partial charge is 0.399 e. The van der Waals surface area contributed by atoms with Gasteiger partial charge in [-0.15, -0.1) is 0 Å². The minimum absolute atomic E-state index is 0.741. The van der Waals surface area contributed by atoms with Crippen molar-refractivity contribution in [1.82, 2.24) is 9.97 Å². The quantitative estimate of drug-likeness (QED) is 0.666. The fourth-order valence-electron chi connectivity index (χ4n) is 1.46. The summed E-state index contributed by atoms with van der Waals surface area (Å²) in [7, 11) is 0. The van der Waals surface area contributed by atoms with Gasteiger partial charge in [0.2, 0.25) is 0 Å². The molecule has 2 rings (SSSR count). The Bertz CT molecular complexity index is 434. The monoisotopic (exact) mass is 202 g/mol. The number of aryl methyl sites for hydroxylation is 1. The Morgan fingerprint density at radius 3 is 3.00 bits per heavy atom. The molecule has 2 aromatic rings. The van der Waals surface area contributed by atoms with Crippen LogP contribution in [0.5, 0.6) is 0 Å². The normalized spacial score (nSPS) is 10.2. The molecular weight excluding hydrogens is 188 g/mol. The van der Waals surface area contributed by atoms with E-state index in [9.17, 15) is 0 Å². The molecule has 4 nitrogen and oxygen atoms in total. The first kappa shape index (κ1) is 9.58. The molecule has 1 heterocycles. The molecule has 4 N–H and O–H groups in total. The van der Waals surface area contributed by atoms with Crippen molar-refractivity contribution in [1.29, 1.82) is 0 Å². The highest BCUT2D eigenvalue weighted by atomic mass is 14.9. The molecule has 0 unspecified atom stereocenters. The molecule has 0 saturated carbocycles. The molecule has 0 aliphatic carbocycles. The molecule has 0 amide bonds. The molecule has 0 aliphatic rings. The van der Waals surface area contributed by atoms with Gasteiger partial charge in [-0.1, -0.05) is 0 Å². The average Bonchev–Trinajstić information content (AvgIpc) is 2.69. The molecule has 0 atom stereocenters. The predicted molar refractivity (Wildman–Crippen MR) is 61.5 cm³/mol. The fraction of sp³-hybridized carbons (Fsp3) is 0.182. The summed E-state index contributed by atoms with van der Waals surface area (Å²) < 4.78 is 0. The maximum Gasteiger partial charge on any atom is 0.0922 e. The number of nitrogens with one attached hydrogen (secondary N) is 2. The Balaban J connectivity index is 2.05. The Labute approximate surface area is 88.5 Å². The van der Waals surface area contributed by atoms with Gasteiger partial charge in [0.25, 0.3) is 0 Å². The zero-order chi connectivity index (χ0) is 10.7. The van der Waals surface area contributed by atoms with Crippen LogP contribution in [0.15, 0.2) is 30.7 Å². The van der Waals surface area contributed by atoms with E-state index in [1.165, 1.54) is 0 Å². The number of nitrogen functional groups attached to an aromatic ring is 1. The third kappa shape index (κ3) is 2.28. The van der Waals surface area contributed by atoms with Crippen LogP contribution in [-0.4, -0.2) is 9.97 Å². The Morgan fingerprint density at radius 2 is 2.33 bits per heavy atom. The van der Waals surface area contributed by atoms with Crippen LogP contribution in [0.3, 0.4) is 0 Å². The fourth-order valence-corrected chi connectivity index (χ4v) is 1.46. The first-order valence-electron chi connectivity index (χ1n) is 4.83. The van der Waals surface area contributed by atoms with E-state index in [4.69, 9.17) is 5.73 Å². The summed E-state index contributed by atoms with van der Waals surface area (Å²) >= 11 is 0. The van der Waals surface area contributed by atoms with Gasteiger partial charge in [-0.25, -0.2) is 4.98 Å². The standard InChI is InChI=1S/C11H14N4/c1-8-4-9(12)2-3-11(8)14-6-10-5-13-7-15-10/h2-5,7,14H,6,12H2,1H3,(H,13,15). The lowest BCUT2D eigenvalue weighted by molar-refractivity contribution is 1.07. The number of hydrogen-bond acceptors (Lipinski definition) is 3. The number of H-pyrrole nitrogens is 1. The van der Waals surface area contributed by atoms with Crippen LogP contribution in [0.25, 0.3) is 0 Å². The summed E-state index contributed by atoms with van der Waals surface area (Å²) in [5, 5.41) is 3.32. The van der Waals surface area contributed by atoms with Crippen molar-refractivity contribution < 1.29 is 0 Å². The van der Waals surface area contributed by atoms with Crippen molar-refractivity contribution in [2.45, 2.75) is 13.5 Å². The van der Waals surface area contributed by atoms with Crippen LogP contribution in [-0.2, 0) is 6.54 Å². The molecule has 15 heavy (non-hydrogen) atoms. The zero-order valence-electron chi connectivity index (χ0n) is 8.62. The number of nitrogens with zero attached hydrogens (tertiary/aromatic N) is 1. The summed E-state index contributed by atoms with van der Waals surface area (Å²) in [6, 6.07) is 5.83. The van der Waals surface area contributed by atoms with Crippen LogP contribution in [0.4, 0.5) is 11.4 Å². The van der Waals surface area contributed by atoms with Crippen LogP contribution in [0.2, 0.25) is 0 Å². The van der Waals surface area contributed by atoms with E-state index in [0.717, 1.165) is 29.2 Å². The van der Waals surface area contributed by atoms with Gasteiger partial charge in [-0.05, 0) is 30.7 Å². The lowest BCUT2D eigenvalue weighted by Gasteiger charge is -2.08. The second-order valence-electron chi connectivity index (χ2n) is 3.50. The van der Waals surface area contributed by atoms with Crippen LogP contribution in [0.1, 0.15) is 11.3 Å². The first-order valence-corrected chi connectivity index (χ1v) is 4.83. The number of aromatic amines is 1. The minimum Gasteiger partial charge on any atom is -0.399 e. The second kappa shape index (κ2) is 4.04. The Morgan fingerprint density at radius 1 is 1.47 bits per heavy atom. The molecule has 0 bridgehead atoms. The number of hydrogen-bond donors (Lipinski definition) is 3. The number of nitrogens with two attached hydrogens (primary N) is 1. The third-order valence-corrected chi connectivity index (χ3v) is 2.27. The van der Waals surface area contributed by atoms with Gasteiger partial charge in [0, 0.05) is 17.6 Å². The van der Waals surface area contributed by atoms with Gasteiger partial charge in [-0.2, -0.15) is 0 Å². The molecule has 78 valence electrons. The molecule has 4 heteroatoms. The lowest BCUT2D eigenvalue weighted by Crippen LogP contribution is -2.01. The van der Waals surface area contributed by atoms with Crippen molar-refractivity contribution in [2.75, 3.05) is 11.1 Å². The van der Waals surface area contributed by atoms with Crippen molar-refractivity contribution in [3.8, 4) is 0 Å². The molecular formula is C11H14N4. The lowest BCUT2D eigenvalue weighted by atomic mass is 10.2. The van der Waals surface area contributed by atoms with Gasteiger partial charge < -0.3 is 16.0 Å². The smallest absolute Gasteiger partial charge is 0.0922 e. The van der Waals surface area contributed by atoms with E-state index in [0.29, 0.717) is 0 Å². The number of rotatable bonds is 3. The van der Waals surface area contributed by atoms with Crippen molar-refractivity contribution in [3.05, 3.63) is 42.0 Å². The van der Waals surface area contributed by atoms with Crippen molar-refractivity contribution in [3.63, 3.8) is 0 Å². The van der Waals surface area contributed by atoms with Crippen LogP contribution >= 0.6 is 0 Å². The SMILES string of the molecule is Cc1cc(N)ccc1NCc1cnc[nH]1. The number of aromatic nitrogens is 2. The average molecular weight is 202 g/mol. The Hall–Kier alpha value is -1.97. The maximum atomic E-state index is 5.67. The van der Waals surface area contributed by atoms with E-state index < -0.39 is 0 Å². The number of benzene rings is 1. The zero-order valence-corrected chi connectivity index (χ0v) is 8.62. The molecule has 0 aliphatic heterocycles. The van der Waals surface area contributed by atoms with Crippen molar-refractivity contribution >= 4 is 11.4 Å². The molecule has 0 spiro atoms. The van der Waals surface area contributed by atoms with E-state index in [1.807, 2.05) is 25.1 Å². The Kier molecular flexibility index (Phi) is 2.58. The van der Waals surface area contributed by atoms with Crippen LogP contribution < -0.4 is 11.1 Å². The summed E-state index contributed by atoms with van der Waals surface area (Å²) in [4.78, 5) is 7.00. The molecule has 0 saturated heterocycles. The molecule has 0 fully saturated rings. The highest BCUT2D eigenvalue weighted by molar-refractivity contribution is 5.57. The summed E-state index contributed by atoms with van der Waals surface area (Å²) in [5.41, 5.74) is 9.77. The third-order valence-electron chi connectivity index (χ3n) is 2.27. The second-order valence-corrected chi connectivity index (χ2v) is 3.50. The molecule has 1 aromatic carbocycles. The van der Waals surface area contributed by atoms with Crippen molar-refractivity contribution in [2.24, 2.45) is 0 Å². The van der Waals surface area contributed by atoms with E-state index in [2.05, 4.69) is 15.3 Å². The predicted octanol–water partition coefficient (Wildman–Crippen LogP) is 1.91. The highest BCUT2D eigenvalue weighted by Gasteiger charge is 1.98. The van der Waals surface area contributed by atoms with Gasteiger partial charge in [0.05, 0.1) is 18.6 Å². The van der Waals surface area contributed by atoms with Crippen LogP contribution in [0, 0.1) is 6.92 Å². The number of anilines is 2. The van der Waals surface area contributed by atoms with E-state index in [-0.39, 0.29) is 0 Å². The van der Waals surface area contributed by atoms with Gasteiger partial charge in [0.15, 0.2) is 0 Å². The topological polar surface area (TPSA) is 66.7 Å². The first-order chi connectivity index (χ1) is 7.25. The molecule has 0 radical (unpaired) electrons. The van der Waals surface area contributed by atoms with E-state index >= 15 is 0 Å². The minimum atomic E-state index is 0.741. The van der Waals surface area contributed by atoms with E-state index in [1.54, 1.807) is 12.5 Å². The summed E-state index contributed by atoms with van der Waals surface area (Å²) in [6.45, 7) is 2.77. The van der Waals surface area contributed by atoms with Gasteiger partial charge >= 0.3 is 0 Å². The summed E-state index contributed by atoms with van der Waals surface area (Å²) in [6.07, 6.45) is 3.48. The highest BCUT2D eigenvalue weighted by Crippen LogP contribution is 2.17. The van der Waals surface area contributed by atoms with Gasteiger partial charge in [0.1, 0.15) is 0 Å². The van der Waals surface area contributed by atoms with Gasteiger partial charge in [-0.3, -0.25) is 0 Å². The maximum absolute atomic E-state index is 5.67. The molecule has 1 aromatic heterocycles.